The molecule has 7 heteroatoms. The van der Waals surface area contributed by atoms with E-state index in [9.17, 15) is 10.1 Å². The van der Waals surface area contributed by atoms with Gasteiger partial charge in [-0.15, -0.1) is 0 Å². The van der Waals surface area contributed by atoms with Crippen LogP contribution in [0.5, 0.6) is 23.0 Å². The number of nitro groups is 1. The van der Waals surface area contributed by atoms with Gasteiger partial charge in [0.25, 0.3) is 0 Å². The summed E-state index contributed by atoms with van der Waals surface area (Å²) in [5.74, 6) is 0.945. The van der Waals surface area contributed by atoms with Crippen LogP contribution in [0.2, 0.25) is 5.02 Å². The van der Waals surface area contributed by atoms with Gasteiger partial charge in [-0.3, -0.25) is 10.1 Å². The lowest BCUT2D eigenvalue weighted by molar-refractivity contribution is -0.385. The third kappa shape index (κ3) is 3.74. The molecule has 0 radical (unpaired) electrons. The number of benzene rings is 3. The standard InChI is InChI=1S/C19H11ClN2O4/c20-18-17(25-15-8-6-13(12-21)7-9-15)11-10-16(22(23)24)19(18)26-14-4-2-1-3-5-14/h1-11H. The lowest BCUT2D eigenvalue weighted by Crippen LogP contribution is -1.96. The summed E-state index contributed by atoms with van der Waals surface area (Å²) in [7, 11) is 0. The van der Waals surface area contributed by atoms with Crippen molar-refractivity contribution in [3.05, 3.63) is 87.4 Å². The van der Waals surface area contributed by atoms with Crippen molar-refractivity contribution in [3.8, 4) is 29.1 Å². The summed E-state index contributed by atoms with van der Waals surface area (Å²) in [6.07, 6.45) is 0. The Balaban J connectivity index is 1.97. The molecule has 0 saturated heterocycles. The fourth-order valence-corrected chi connectivity index (χ4v) is 2.42. The molecule has 128 valence electrons. The Kier molecular flexibility index (Phi) is 5.02. The molecule has 0 atom stereocenters. The Morgan fingerprint density at radius 2 is 1.58 bits per heavy atom. The van der Waals surface area contributed by atoms with E-state index in [1.54, 1.807) is 54.6 Å². The molecule has 0 aliphatic heterocycles. The van der Waals surface area contributed by atoms with E-state index in [1.165, 1.54) is 12.1 Å². The van der Waals surface area contributed by atoms with E-state index in [4.69, 9.17) is 26.3 Å². The number of nitriles is 1. The largest absolute Gasteiger partial charge is 0.456 e. The van der Waals surface area contributed by atoms with Gasteiger partial charge in [0.05, 0.1) is 16.6 Å². The first-order valence-electron chi connectivity index (χ1n) is 7.46. The van der Waals surface area contributed by atoms with Crippen LogP contribution >= 0.6 is 11.6 Å². The fraction of sp³-hybridized carbons (Fsp3) is 0. The number of hydrogen-bond donors (Lipinski definition) is 0. The van der Waals surface area contributed by atoms with Crippen LogP contribution in [0.25, 0.3) is 0 Å². The lowest BCUT2D eigenvalue weighted by atomic mass is 10.2. The topological polar surface area (TPSA) is 85.4 Å². The molecule has 0 heterocycles. The molecular weight excluding hydrogens is 356 g/mol. The zero-order valence-corrected chi connectivity index (χ0v) is 14.0. The molecule has 0 aliphatic carbocycles. The lowest BCUT2D eigenvalue weighted by Gasteiger charge is -2.12. The Bertz CT molecular complexity index is 983. The molecule has 0 spiro atoms. The third-order valence-electron chi connectivity index (χ3n) is 3.41. The van der Waals surface area contributed by atoms with Crippen molar-refractivity contribution in [1.29, 1.82) is 5.26 Å². The molecule has 0 saturated carbocycles. The molecule has 0 unspecified atom stereocenters. The molecule has 3 aromatic rings. The first-order chi connectivity index (χ1) is 12.6. The SMILES string of the molecule is N#Cc1ccc(Oc2ccc([N+](=O)[O-])c(Oc3ccccc3)c2Cl)cc1. The Labute approximate surface area is 153 Å². The summed E-state index contributed by atoms with van der Waals surface area (Å²) in [5.41, 5.74) is 0.214. The molecule has 3 rings (SSSR count). The van der Waals surface area contributed by atoms with Gasteiger partial charge in [0, 0.05) is 6.07 Å². The number of rotatable bonds is 5. The predicted octanol–water partition coefficient (Wildman–Crippen LogP) is 5.70. The van der Waals surface area contributed by atoms with E-state index in [1.807, 2.05) is 6.07 Å². The highest BCUT2D eigenvalue weighted by Gasteiger charge is 2.23. The maximum absolute atomic E-state index is 11.3. The second-order valence-corrected chi connectivity index (χ2v) is 5.51. The number of nitro benzene ring substituents is 1. The van der Waals surface area contributed by atoms with E-state index in [-0.39, 0.29) is 22.2 Å². The van der Waals surface area contributed by atoms with E-state index >= 15 is 0 Å². The van der Waals surface area contributed by atoms with Crippen LogP contribution in [0.15, 0.2) is 66.7 Å². The Morgan fingerprint density at radius 1 is 0.923 bits per heavy atom. The zero-order valence-electron chi connectivity index (χ0n) is 13.3. The van der Waals surface area contributed by atoms with Crippen LogP contribution in [0.3, 0.4) is 0 Å². The maximum Gasteiger partial charge on any atom is 0.313 e. The normalized spacial score (nSPS) is 10.0. The molecule has 0 fully saturated rings. The highest BCUT2D eigenvalue weighted by molar-refractivity contribution is 6.34. The van der Waals surface area contributed by atoms with Gasteiger partial charge in [0.1, 0.15) is 22.3 Å². The van der Waals surface area contributed by atoms with Gasteiger partial charge in [-0.1, -0.05) is 29.8 Å². The van der Waals surface area contributed by atoms with Gasteiger partial charge in [-0.25, -0.2) is 0 Å². The van der Waals surface area contributed by atoms with Crippen LogP contribution in [-0.4, -0.2) is 4.92 Å². The number of para-hydroxylation sites is 1. The highest BCUT2D eigenvalue weighted by Crippen LogP contribution is 2.44. The number of halogens is 1. The first kappa shape index (κ1) is 17.3. The van der Waals surface area contributed by atoms with Gasteiger partial charge in [-0.2, -0.15) is 5.26 Å². The average molecular weight is 367 g/mol. The average Bonchev–Trinajstić information content (AvgIpc) is 2.66. The molecule has 6 nitrogen and oxygen atoms in total. The highest BCUT2D eigenvalue weighted by atomic mass is 35.5. The summed E-state index contributed by atoms with van der Waals surface area (Å²) >= 11 is 6.31. The summed E-state index contributed by atoms with van der Waals surface area (Å²) in [4.78, 5) is 10.7. The van der Waals surface area contributed by atoms with Crippen molar-refractivity contribution in [2.75, 3.05) is 0 Å². The van der Waals surface area contributed by atoms with Crippen LogP contribution < -0.4 is 9.47 Å². The molecule has 0 aliphatic rings. The Morgan fingerprint density at radius 3 is 2.19 bits per heavy atom. The molecule has 0 amide bonds. The van der Waals surface area contributed by atoms with Crippen molar-refractivity contribution in [1.82, 2.24) is 0 Å². The van der Waals surface area contributed by atoms with E-state index < -0.39 is 4.92 Å². The zero-order chi connectivity index (χ0) is 18.5. The second kappa shape index (κ2) is 7.55. The van der Waals surface area contributed by atoms with Gasteiger partial charge >= 0.3 is 5.69 Å². The smallest absolute Gasteiger partial charge is 0.313 e. The van der Waals surface area contributed by atoms with Gasteiger partial charge in [0.2, 0.25) is 5.75 Å². The monoisotopic (exact) mass is 366 g/mol. The minimum absolute atomic E-state index is 0.0209. The molecule has 26 heavy (non-hydrogen) atoms. The summed E-state index contributed by atoms with van der Waals surface area (Å²) in [6, 6.07) is 19.7. The van der Waals surface area contributed by atoms with Crippen molar-refractivity contribution in [2.24, 2.45) is 0 Å². The van der Waals surface area contributed by atoms with Crippen LogP contribution in [0, 0.1) is 21.4 Å². The third-order valence-corrected chi connectivity index (χ3v) is 3.77. The summed E-state index contributed by atoms with van der Waals surface area (Å²) in [5, 5.41) is 20.1. The van der Waals surface area contributed by atoms with Gasteiger partial charge in [0.15, 0.2) is 0 Å². The number of nitrogens with zero attached hydrogens (tertiary/aromatic N) is 2. The van der Waals surface area contributed by atoms with E-state index in [0.29, 0.717) is 17.1 Å². The molecular formula is C19H11ClN2O4. The fourth-order valence-electron chi connectivity index (χ4n) is 2.18. The number of ether oxygens (including phenoxy) is 2. The molecule has 3 aromatic carbocycles. The minimum atomic E-state index is -0.574. The second-order valence-electron chi connectivity index (χ2n) is 5.14. The Hall–Kier alpha value is -3.56. The molecule has 0 aromatic heterocycles. The van der Waals surface area contributed by atoms with Crippen molar-refractivity contribution in [2.45, 2.75) is 0 Å². The molecule has 0 N–H and O–H groups in total. The maximum atomic E-state index is 11.3. The van der Waals surface area contributed by atoms with Crippen LogP contribution in [-0.2, 0) is 0 Å². The van der Waals surface area contributed by atoms with Gasteiger partial charge in [-0.05, 0) is 42.5 Å². The summed E-state index contributed by atoms with van der Waals surface area (Å²) < 4.78 is 11.3. The number of hydrogen-bond acceptors (Lipinski definition) is 5. The van der Waals surface area contributed by atoms with Crippen molar-refractivity contribution >= 4 is 17.3 Å². The first-order valence-corrected chi connectivity index (χ1v) is 7.84. The van der Waals surface area contributed by atoms with Crippen LogP contribution in [0.1, 0.15) is 5.56 Å². The van der Waals surface area contributed by atoms with Crippen LogP contribution in [0.4, 0.5) is 5.69 Å². The predicted molar refractivity (Wildman–Crippen MR) is 95.9 cm³/mol. The molecule has 0 bridgehead atoms. The van der Waals surface area contributed by atoms with E-state index in [2.05, 4.69) is 0 Å². The minimum Gasteiger partial charge on any atom is -0.456 e. The quantitative estimate of drug-likeness (QED) is 0.426. The van der Waals surface area contributed by atoms with E-state index in [0.717, 1.165) is 0 Å². The summed E-state index contributed by atoms with van der Waals surface area (Å²) in [6.45, 7) is 0. The van der Waals surface area contributed by atoms with Crippen molar-refractivity contribution in [3.63, 3.8) is 0 Å². The van der Waals surface area contributed by atoms with Gasteiger partial charge < -0.3 is 9.47 Å². The van der Waals surface area contributed by atoms with Crippen molar-refractivity contribution < 1.29 is 14.4 Å².